The molecule has 0 amide bonds. The lowest BCUT2D eigenvalue weighted by Crippen LogP contribution is -1.71. The minimum atomic E-state index is 0.960. The molecule has 0 N–H and O–H groups in total. The summed E-state index contributed by atoms with van der Waals surface area (Å²) in [7, 11) is 0. The largest absolute Gasteiger partial charge is 0.265 e. The van der Waals surface area contributed by atoms with Crippen LogP contribution in [0, 0.1) is 6.92 Å². The molecule has 0 saturated carbocycles. The van der Waals surface area contributed by atoms with Crippen LogP contribution in [-0.4, -0.2) is 4.98 Å². The Kier molecular flexibility index (Phi) is 3.39. The molecular formula is C10H12N. The van der Waals surface area contributed by atoms with Gasteiger partial charge in [0, 0.05) is 12.4 Å². The van der Waals surface area contributed by atoms with Gasteiger partial charge in [-0.15, -0.1) is 0 Å². The highest BCUT2D eigenvalue weighted by molar-refractivity contribution is 5.47. The van der Waals surface area contributed by atoms with E-state index in [1.165, 1.54) is 5.56 Å². The fraction of sp³-hybridized carbons (Fsp3) is 0.200. The lowest BCUT2D eigenvalue weighted by atomic mass is 10.2. The molecule has 1 aromatic rings. The van der Waals surface area contributed by atoms with Crippen LogP contribution in [0.1, 0.15) is 18.4 Å². The SMILES string of the molecule is [CH2]CCC=Cc1ccncc1. The lowest BCUT2D eigenvalue weighted by Gasteiger charge is -1.89. The Morgan fingerprint density at radius 1 is 1.36 bits per heavy atom. The third kappa shape index (κ3) is 2.99. The monoisotopic (exact) mass is 146 g/mol. The summed E-state index contributed by atoms with van der Waals surface area (Å²) in [4.78, 5) is 3.93. The van der Waals surface area contributed by atoms with Gasteiger partial charge in [-0.1, -0.05) is 19.1 Å². The fourth-order valence-electron chi connectivity index (χ4n) is 0.812. The average molecular weight is 146 g/mol. The van der Waals surface area contributed by atoms with Gasteiger partial charge in [0.15, 0.2) is 0 Å². The average Bonchev–Trinajstić information content (AvgIpc) is 2.07. The topological polar surface area (TPSA) is 12.9 Å². The fourth-order valence-corrected chi connectivity index (χ4v) is 0.812. The highest BCUT2D eigenvalue weighted by atomic mass is 14.6. The number of hydrogen-bond donors (Lipinski definition) is 0. The molecule has 0 saturated heterocycles. The first-order valence-electron chi connectivity index (χ1n) is 3.79. The normalized spacial score (nSPS) is 10.6. The van der Waals surface area contributed by atoms with Gasteiger partial charge in [-0.3, -0.25) is 4.98 Å². The Morgan fingerprint density at radius 2 is 2.09 bits per heavy atom. The van der Waals surface area contributed by atoms with Gasteiger partial charge in [0.25, 0.3) is 0 Å². The lowest BCUT2D eigenvalue weighted by molar-refractivity contribution is 1.05. The Labute approximate surface area is 67.8 Å². The van der Waals surface area contributed by atoms with Crippen molar-refractivity contribution in [2.24, 2.45) is 0 Å². The van der Waals surface area contributed by atoms with Gasteiger partial charge >= 0.3 is 0 Å². The van der Waals surface area contributed by atoms with Crippen LogP contribution >= 0.6 is 0 Å². The van der Waals surface area contributed by atoms with Crippen molar-refractivity contribution in [2.45, 2.75) is 12.8 Å². The van der Waals surface area contributed by atoms with E-state index in [-0.39, 0.29) is 0 Å². The van der Waals surface area contributed by atoms with E-state index in [1.54, 1.807) is 12.4 Å². The number of hydrogen-bond acceptors (Lipinski definition) is 1. The number of pyridine rings is 1. The van der Waals surface area contributed by atoms with E-state index >= 15 is 0 Å². The molecule has 1 radical (unpaired) electrons. The van der Waals surface area contributed by atoms with Crippen molar-refractivity contribution >= 4 is 6.08 Å². The van der Waals surface area contributed by atoms with Gasteiger partial charge < -0.3 is 0 Å². The molecule has 11 heavy (non-hydrogen) atoms. The van der Waals surface area contributed by atoms with Gasteiger partial charge in [-0.25, -0.2) is 0 Å². The highest BCUT2D eigenvalue weighted by Gasteiger charge is 1.81. The number of unbranched alkanes of at least 4 members (excludes halogenated alkanes) is 1. The van der Waals surface area contributed by atoms with Crippen LogP contribution in [-0.2, 0) is 0 Å². The zero-order valence-electron chi connectivity index (χ0n) is 6.53. The van der Waals surface area contributed by atoms with Crippen molar-refractivity contribution in [1.82, 2.24) is 4.98 Å². The van der Waals surface area contributed by atoms with Gasteiger partial charge in [0.05, 0.1) is 0 Å². The van der Waals surface area contributed by atoms with Crippen molar-refractivity contribution < 1.29 is 0 Å². The molecule has 0 bridgehead atoms. The van der Waals surface area contributed by atoms with Crippen LogP contribution in [0.15, 0.2) is 30.6 Å². The zero-order valence-corrected chi connectivity index (χ0v) is 6.53. The molecule has 0 unspecified atom stereocenters. The van der Waals surface area contributed by atoms with Crippen LogP contribution < -0.4 is 0 Å². The Hall–Kier alpha value is -1.11. The Morgan fingerprint density at radius 3 is 2.73 bits per heavy atom. The molecule has 0 atom stereocenters. The van der Waals surface area contributed by atoms with Crippen LogP contribution in [0.3, 0.4) is 0 Å². The molecule has 1 heteroatoms. The maximum absolute atomic E-state index is 3.93. The molecule has 0 aromatic carbocycles. The molecule has 1 rings (SSSR count). The van der Waals surface area contributed by atoms with Crippen molar-refractivity contribution in [3.63, 3.8) is 0 Å². The molecule has 57 valence electrons. The zero-order chi connectivity index (χ0) is 7.94. The second-order valence-corrected chi connectivity index (χ2v) is 2.33. The molecular weight excluding hydrogens is 134 g/mol. The minimum Gasteiger partial charge on any atom is -0.265 e. The number of nitrogens with zero attached hydrogens (tertiary/aromatic N) is 1. The van der Waals surface area contributed by atoms with E-state index in [1.807, 2.05) is 12.1 Å². The Balaban J connectivity index is 2.50. The molecule has 0 aliphatic rings. The standard InChI is InChI=1S/C10H12N/c1-2-3-4-5-10-6-8-11-9-7-10/h4-9H,1-3H2. The highest BCUT2D eigenvalue weighted by Crippen LogP contribution is 2.00. The maximum Gasteiger partial charge on any atom is 0.0273 e. The van der Waals surface area contributed by atoms with Gasteiger partial charge in [-0.05, 0) is 30.5 Å². The molecule has 0 fully saturated rings. The van der Waals surface area contributed by atoms with Crippen molar-refractivity contribution in [2.75, 3.05) is 0 Å². The second-order valence-electron chi connectivity index (χ2n) is 2.33. The first kappa shape index (κ1) is 7.99. The number of rotatable bonds is 3. The summed E-state index contributed by atoms with van der Waals surface area (Å²) in [6.07, 6.45) is 9.81. The van der Waals surface area contributed by atoms with E-state index in [0.29, 0.717) is 0 Å². The van der Waals surface area contributed by atoms with E-state index < -0.39 is 0 Å². The van der Waals surface area contributed by atoms with Crippen molar-refractivity contribution in [3.05, 3.63) is 43.1 Å². The van der Waals surface area contributed by atoms with Crippen LogP contribution in [0.2, 0.25) is 0 Å². The molecule has 0 aliphatic heterocycles. The van der Waals surface area contributed by atoms with Gasteiger partial charge in [0.2, 0.25) is 0 Å². The summed E-state index contributed by atoms with van der Waals surface area (Å²) in [5.41, 5.74) is 1.20. The smallest absolute Gasteiger partial charge is 0.0273 e. The summed E-state index contributed by atoms with van der Waals surface area (Å²) < 4.78 is 0. The summed E-state index contributed by atoms with van der Waals surface area (Å²) >= 11 is 0. The van der Waals surface area contributed by atoms with Crippen LogP contribution in [0.25, 0.3) is 6.08 Å². The third-order valence-corrected chi connectivity index (χ3v) is 1.39. The summed E-state index contributed by atoms with van der Waals surface area (Å²) in [5, 5.41) is 0. The summed E-state index contributed by atoms with van der Waals surface area (Å²) in [6, 6.07) is 3.97. The summed E-state index contributed by atoms with van der Waals surface area (Å²) in [6.45, 7) is 3.75. The molecule has 1 aromatic heterocycles. The predicted molar refractivity (Wildman–Crippen MR) is 47.9 cm³/mol. The number of allylic oxidation sites excluding steroid dienone is 1. The maximum atomic E-state index is 3.93. The van der Waals surface area contributed by atoms with Crippen molar-refractivity contribution in [3.8, 4) is 0 Å². The first-order valence-corrected chi connectivity index (χ1v) is 3.79. The summed E-state index contributed by atoms with van der Waals surface area (Å²) in [5.74, 6) is 0. The first-order chi connectivity index (χ1) is 5.43. The van der Waals surface area contributed by atoms with E-state index in [4.69, 9.17) is 0 Å². The van der Waals surface area contributed by atoms with E-state index in [0.717, 1.165) is 12.8 Å². The van der Waals surface area contributed by atoms with Crippen LogP contribution in [0.5, 0.6) is 0 Å². The van der Waals surface area contributed by atoms with E-state index in [2.05, 4.69) is 24.1 Å². The van der Waals surface area contributed by atoms with Crippen molar-refractivity contribution in [1.29, 1.82) is 0 Å². The molecule has 1 nitrogen and oxygen atoms in total. The minimum absolute atomic E-state index is 0.960. The van der Waals surface area contributed by atoms with E-state index in [9.17, 15) is 0 Å². The van der Waals surface area contributed by atoms with Gasteiger partial charge in [-0.2, -0.15) is 0 Å². The molecule has 1 heterocycles. The predicted octanol–water partition coefficient (Wildman–Crippen LogP) is 2.71. The van der Waals surface area contributed by atoms with Crippen LogP contribution in [0.4, 0.5) is 0 Å². The number of aromatic nitrogens is 1. The molecule has 0 aliphatic carbocycles. The van der Waals surface area contributed by atoms with Gasteiger partial charge in [0.1, 0.15) is 0 Å². The quantitative estimate of drug-likeness (QED) is 0.639. The second kappa shape index (κ2) is 4.67. The third-order valence-electron chi connectivity index (χ3n) is 1.39. The molecule has 0 spiro atoms. The Bertz CT molecular complexity index is 214.